The molecule has 12 N–H and O–H groups in total. The lowest BCUT2D eigenvalue weighted by atomic mass is 9.99. The van der Waals surface area contributed by atoms with Crippen molar-refractivity contribution in [3.8, 4) is 5.75 Å². The molecule has 1 saturated heterocycles. The summed E-state index contributed by atoms with van der Waals surface area (Å²) >= 11 is 0. The van der Waals surface area contributed by atoms with Gasteiger partial charge in [0.25, 0.3) is 0 Å². The molecular formula is C54H89N15O12. The van der Waals surface area contributed by atoms with E-state index >= 15 is 0 Å². The zero-order chi connectivity index (χ0) is 59.7. The van der Waals surface area contributed by atoms with Crippen molar-refractivity contribution >= 4 is 59.2 Å². The molecule has 6 amide bonds. The second kappa shape index (κ2) is 37.7. The van der Waals surface area contributed by atoms with Crippen molar-refractivity contribution in [3.63, 3.8) is 0 Å². The van der Waals surface area contributed by atoms with Crippen LogP contribution in [-0.4, -0.2) is 266 Å². The highest BCUT2D eigenvalue weighted by atomic mass is 16.4. The number of amides is 6. The van der Waals surface area contributed by atoms with Crippen molar-refractivity contribution in [2.75, 3.05) is 157 Å². The van der Waals surface area contributed by atoms with E-state index in [9.17, 15) is 58.8 Å². The molecule has 2 aromatic rings. The molecule has 1 aliphatic heterocycles. The van der Waals surface area contributed by atoms with Gasteiger partial charge in [-0.1, -0.05) is 31.2 Å². The average Bonchev–Trinajstić information content (AvgIpc) is 3.41. The van der Waals surface area contributed by atoms with Crippen molar-refractivity contribution in [1.29, 1.82) is 0 Å². The maximum absolute atomic E-state index is 13.6. The summed E-state index contributed by atoms with van der Waals surface area (Å²) in [6.45, 7) is 10.6. The van der Waals surface area contributed by atoms with E-state index in [2.05, 4.69) is 51.6 Å². The van der Waals surface area contributed by atoms with Crippen molar-refractivity contribution < 1.29 is 58.8 Å². The van der Waals surface area contributed by atoms with Crippen LogP contribution in [0.4, 0.5) is 10.5 Å². The van der Waals surface area contributed by atoms with Crippen LogP contribution in [0.25, 0.3) is 0 Å². The molecule has 27 heteroatoms. The molecule has 0 saturated carbocycles. The largest absolute Gasteiger partial charge is 0.508 e. The van der Waals surface area contributed by atoms with E-state index in [1.165, 1.54) is 12.1 Å². The number of nitrogens with one attached hydrogen (secondary N) is 6. The monoisotopic (exact) mass is 1140 g/mol. The molecule has 1 unspecified atom stereocenters. The van der Waals surface area contributed by atoms with Crippen molar-refractivity contribution in [2.24, 2.45) is 10.7 Å². The van der Waals surface area contributed by atoms with Gasteiger partial charge < -0.3 is 62.5 Å². The molecule has 0 aliphatic carbocycles. The van der Waals surface area contributed by atoms with Crippen LogP contribution in [0.1, 0.15) is 63.0 Å². The second-order valence-corrected chi connectivity index (χ2v) is 20.3. The number of phenolic OH excluding ortho intramolecular Hbond substituents is 1. The summed E-state index contributed by atoms with van der Waals surface area (Å²) < 4.78 is 0. The summed E-state index contributed by atoms with van der Waals surface area (Å²) in [5.74, 6) is -4.67. The Balaban J connectivity index is 1.44. The van der Waals surface area contributed by atoms with Crippen LogP contribution in [0.15, 0.2) is 53.5 Å². The Morgan fingerprint density at radius 2 is 1.17 bits per heavy atom. The number of urea groups is 1. The number of likely N-dealkylation sites (N-methyl/N-ethyl adjacent to an activating group) is 1. The van der Waals surface area contributed by atoms with Crippen LogP contribution >= 0.6 is 0 Å². The molecule has 0 spiro atoms. The third-order valence-electron chi connectivity index (χ3n) is 13.5. The summed E-state index contributed by atoms with van der Waals surface area (Å²) in [6, 6.07) is 12.0. The van der Waals surface area contributed by atoms with Gasteiger partial charge in [-0.15, -0.1) is 0 Å². The van der Waals surface area contributed by atoms with E-state index < -0.39 is 41.8 Å². The standard InChI is InChI=1S/C54H89N15O12/c1-6-46(71)56-20-21-58-54(81)62-53(55)57-19-7-10-45(52(80)60-34-41-11-17-44(70)18-12-41)61-51(79)40(2)42-13-15-43(16-14-42)59-35-47(72)65(5)25-9-23-63(3)22-8-24-64(4)39-69-32-30-67(37-49(75)76)28-26-66(36-48(73)74)27-29-68(31-33-69)38-50(77)78/h11-18,40,45,59,70H,6-10,19-39H2,1-5H3,(H,56,71)(H,60,80)(H,61,79)(H,73,74)(H,75,76)(H,77,78)(H4,55,57,58,62,81)/t40?,45-/m1/s1. The first-order valence-corrected chi connectivity index (χ1v) is 27.6. The summed E-state index contributed by atoms with van der Waals surface area (Å²) in [4.78, 5) is 116. The Bertz CT molecular complexity index is 2280. The van der Waals surface area contributed by atoms with Crippen LogP contribution in [0.3, 0.4) is 0 Å². The van der Waals surface area contributed by atoms with E-state index in [1.807, 2.05) is 23.9 Å². The Morgan fingerprint density at radius 3 is 1.72 bits per heavy atom. The van der Waals surface area contributed by atoms with E-state index in [-0.39, 0.29) is 88.2 Å². The molecule has 1 heterocycles. The molecule has 452 valence electrons. The normalized spacial score (nSPS) is 15.1. The number of nitrogens with zero attached hydrogens (tertiary/aromatic N) is 8. The number of aliphatic carboxylic acids is 3. The number of carbonyl (C=O) groups is 8. The van der Waals surface area contributed by atoms with E-state index in [4.69, 9.17) is 5.73 Å². The number of carboxylic acid groups (broad SMARTS) is 3. The molecule has 3 rings (SSSR count). The number of hydrogen-bond acceptors (Lipinski definition) is 17. The zero-order valence-corrected chi connectivity index (χ0v) is 47.9. The summed E-state index contributed by atoms with van der Waals surface area (Å²) in [5, 5.41) is 54.7. The number of guanidine groups is 1. The van der Waals surface area contributed by atoms with Gasteiger partial charge in [-0.25, -0.2) is 4.79 Å². The van der Waals surface area contributed by atoms with Gasteiger partial charge in [-0.3, -0.25) is 68.4 Å². The minimum atomic E-state index is -1.00. The fraction of sp³-hybridized carbons (Fsp3) is 0.611. The second-order valence-electron chi connectivity index (χ2n) is 20.3. The van der Waals surface area contributed by atoms with Crippen LogP contribution < -0.4 is 37.6 Å². The van der Waals surface area contributed by atoms with Crippen LogP contribution in [0.5, 0.6) is 5.75 Å². The molecule has 81 heavy (non-hydrogen) atoms. The first-order chi connectivity index (χ1) is 38.6. The Labute approximate surface area is 475 Å². The van der Waals surface area contributed by atoms with Crippen LogP contribution in [0.2, 0.25) is 0 Å². The number of rotatable bonds is 33. The molecule has 1 fully saturated rings. The topological polar surface area (TPSA) is 351 Å². The number of hydrogen-bond donors (Lipinski definition) is 11. The SMILES string of the molecule is CCC(=O)NCCNC(=O)NC(N)=NCCC[C@@H](NC(=O)C(C)c1ccc(NCC(=O)N(C)CCCN(C)CCCN(C)CN2CCN(CC(=O)O)CCN(CC(=O)O)CCN(CC(=O)O)CC2)cc1)C(=O)NCc1ccc(O)cc1. The molecule has 2 atom stereocenters. The number of nitrogens with two attached hydrogens (primary N) is 1. The first-order valence-electron chi connectivity index (χ1n) is 27.6. The molecule has 2 aromatic carbocycles. The number of carboxylic acids is 3. The van der Waals surface area contributed by atoms with Crippen LogP contribution in [-0.2, 0) is 40.1 Å². The van der Waals surface area contributed by atoms with E-state index in [0.717, 1.165) is 38.0 Å². The Hall–Kier alpha value is -7.17. The maximum Gasteiger partial charge on any atom is 0.321 e. The first kappa shape index (κ1) is 68.1. The van der Waals surface area contributed by atoms with Gasteiger partial charge in [0.2, 0.25) is 23.6 Å². The lowest BCUT2D eigenvalue weighted by Crippen LogP contribution is -2.50. The molecular weight excluding hydrogens is 1050 g/mol. The van der Waals surface area contributed by atoms with Gasteiger partial charge in [0, 0.05) is 111 Å². The minimum absolute atomic E-state index is 0.0611. The highest BCUT2D eigenvalue weighted by Crippen LogP contribution is 2.19. The number of aromatic hydroxyl groups is 1. The molecule has 1 aliphatic rings. The highest BCUT2D eigenvalue weighted by Gasteiger charge is 2.25. The van der Waals surface area contributed by atoms with E-state index in [0.29, 0.717) is 89.7 Å². The Kier molecular flexibility index (Phi) is 31.7. The fourth-order valence-corrected chi connectivity index (χ4v) is 8.65. The van der Waals surface area contributed by atoms with Gasteiger partial charge >= 0.3 is 23.9 Å². The maximum atomic E-state index is 13.6. The smallest absolute Gasteiger partial charge is 0.321 e. The predicted molar refractivity (Wildman–Crippen MR) is 306 cm³/mol. The lowest BCUT2D eigenvalue weighted by Gasteiger charge is -2.34. The quantitative estimate of drug-likeness (QED) is 0.0236. The zero-order valence-electron chi connectivity index (χ0n) is 47.9. The average molecular weight is 1140 g/mol. The third kappa shape index (κ3) is 29.7. The van der Waals surface area contributed by atoms with Gasteiger partial charge in [0.1, 0.15) is 11.8 Å². The summed E-state index contributed by atoms with van der Waals surface area (Å²) in [5.41, 5.74) is 8.00. The third-order valence-corrected chi connectivity index (χ3v) is 13.5. The van der Waals surface area contributed by atoms with Gasteiger partial charge in [-0.2, -0.15) is 0 Å². The van der Waals surface area contributed by atoms with Crippen LogP contribution in [0, 0.1) is 0 Å². The van der Waals surface area contributed by atoms with Crippen molar-refractivity contribution in [2.45, 2.75) is 64.5 Å². The Morgan fingerprint density at radius 1 is 0.654 bits per heavy atom. The summed E-state index contributed by atoms with van der Waals surface area (Å²) in [6.07, 6.45) is 2.49. The number of phenols is 1. The highest BCUT2D eigenvalue weighted by molar-refractivity contribution is 5.95. The number of carbonyl (C=O) groups excluding carboxylic acids is 5. The molecule has 0 radical (unpaired) electrons. The number of aliphatic imine (C=N–C) groups is 1. The van der Waals surface area contributed by atoms with E-state index in [1.54, 1.807) is 67.1 Å². The molecule has 27 nitrogen and oxygen atoms in total. The van der Waals surface area contributed by atoms with Gasteiger partial charge in [0.15, 0.2) is 5.96 Å². The number of anilines is 1. The van der Waals surface area contributed by atoms with Crippen molar-refractivity contribution in [1.82, 2.24) is 60.9 Å². The predicted octanol–water partition coefficient (Wildman–Crippen LogP) is -0.836. The fourth-order valence-electron chi connectivity index (χ4n) is 8.65. The van der Waals surface area contributed by atoms with Gasteiger partial charge in [-0.05, 0) is 95.2 Å². The molecule has 0 aromatic heterocycles. The van der Waals surface area contributed by atoms with Gasteiger partial charge in [0.05, 0.1) is 38.8 Å². The molecule has 0 bridgehead atoms. The lowest BCUT2D eigenvalue weighted by molar-refractivity contribution is -0.140. The van der Waals surface area contributed by atoms with Crippen molar-refractivity contribution in [3.05, 3.63) is 59.7 Å². The minimum Gasteiger partial charge on any atom is -0.508 e. The summed E-state index contributed by atoms with van der Waals surface area (Å²) in [7, 11) is 5.82. The number of benzene rings is 2.